The minimum atomic E-state index is -0.464. The van der Waals surface area contributed by atoms with Crippen molar-refractivity contribution >= 4 is 23.2 Å². The van der Waals surface area contributed by atoms with Crippen LogP contribution in [0.2, 0.25) is 0 Å². The van der Waals surface area contributed by atoms with Crippen molar-refractivity contribution in [3.8, 4) is 22.8 Å². The van der Waals surface area contributed by atoms with Gasteiger partial charge in [-0.25, -0.2) is 0 Å². The van der Waals surface area contributed by atoms with Crippen LogP contribution in [0.3, 0.4) is 0 Å². The first-order valence-corrected chi connectivity index (χ1v) is 9.99. The second-order valence-corrected chi connectivity index (χ2v) is 7.44. The molecule has 0 saturated carbocycles. The van der Waals surface area contributed by atoms with Gasteiger partial charge in [-0.15, -0.1) is 0 Å². The second kappa shape index (κ2) is 7.82. The first-order valence-electron chi connectivity index (χ1n) is 9.99. The third-order valence-corrected chi connectivity index (χ3v) is 5.38. The number of carbonyl (C=O) groups is 2. The Labute approximate surface area is 187 Å². The number of amides is 2. The number of fused-ring (bicyclic) bond motifs is 1. The molecule has 168 valence electrons. The van der Waals surface area contributed by atoms with E-state index in [0.29, 0.717) is 22.9 Å². The molecule has 3 N–H and O–H groups in total. The molecule has 4 heterocycles. The standard InChI is InChI=1S/C21H20N8O4/c1-11-15(8-22-28(11)2)24-21(31)19-16(9-23-29(19)3)25-20(30)14-7-13(26-27-14)12-4-5-17-18(6-12)33-10-32-17/h4-9H,10H2,1-3H3,(H,24,31)(H,25,30)(H,26,27). The largest absolute Gasteiger partial charge is 0.454 e. The van der Waals surface area contributed by atoms with Gasteiger partial charge < -0.3 is 20.1 Å². The normalized spacial score (nSPS) is 12.1. The van der Waals surface area contributed by atoms with Crippen molar-refractivity contribution in [2.75, 3.05) is 17.4 Å². The molecule has 1 aliphatic rings. The number of H-pyrrole nitrogens is 1. The van der Waals surface area contributed by atoms with Crippen molar-refractivity contribution in [3.63, 3.8) is 0 Å². The molecule has 3 aromatic heterocycles. The van der Waals surface area contributed by atoms with Gasteiger partial charge in [0.2, 0.25) is 6.79 Å². The minimum absolute atomic E-state index is 0.175. The predicted molar refractivity (Wildman–Crippen MR) is 117 cm³/mol. The Kier molecular flexibility index (Phi) is 4.81. The van der Waals surface area contributed by atoms with E-state index in [-0.39, 0.29) is 23.9 Å². The third-order valence-electron chi connectivity index (χ3n) is 5.38. The van der Waals surface area contributed by atoms with Crippen LogP contribution in [0, 0.1) is 6.92 Å². The summed E-state index contributed by atoms with van der Waals surface area (Å²) >= 11 is 0. The number of carbonyl (C=O) groups excluding carboxylic acids is 2. The van der Waals surface area contributed by atoms with Crippen LogP contribution < -0.4 is 20.1 Å². The van der Waals surface area contributed by atoms with Crippen molar-refractivity contribution in [1.82, 2.24) is 29.8 Å². The van der Waals surface area contributed by atoms with Crippen LogP contribution in [0.5, 0.6) is 11.5 Å². The summed E-state index contributed by atoms with van der Waals surface area (Å²) in [6, 6.07) is 7.03. The van der Waals surface area contributed by atoms with Crippen LogP contribution in [-0.2, 0) is 14.1 Å². The number of aromatic amines is 1. The first kappa shape index (κ1) is 20.3. The molecule has 12 nitrogen and oxygen atoms in total. The van der Waals surface area contributed by atoms with Gasteiger partial charge in [0.15, 0.2) is 11.5 Å². The summed E-state index contributed by atoms with van der Waals surface area (Å²) in [5.41, 5.74) is 3.38. The molecule has 4 aromatic rings. The van der Waals surface area contributed by atoms with E-state index in [1.807, 2.05) is 13.0 Å². The van der Waals surface area contributed by atoms with Gasteiger partial charge in [0, 0.05) is 19.7 Å². The molecule has 2 amide bonds. The number of aromatic nitrogens is 6. The molecule has 0 radical (unpaired) electrons. The lowest BCUT2D eigenvalue weighted by Crippen LogP contribution is -2.20. The fourth-order valence-electron chi connectivity index (χ4n) is 3.43. The van der Waals surface area contributed by atoms with Gasteiger partial charge in [-0.3, -0.25) is 24.1 Å². The average molecular weight is 448 g/mol. The zero-order valence-corrected chi connectivity index (χ0v) is 18.0. The lowest BCUT2D eigenvalue weighted by atomic mass is 10.1. The van der Waals surface area contributed by atoms with Gasteiger partial charge in [0.05, 0.1) is 35.2 Å². The lowest BCUT2D eigenvalue weighted by molar-refractivity contribution is 0.101. The number of rotatable bonds is 5. The predicted octanol–water partition coefficient (Wildman–Crippen LogP) is 2.09. The smallest absolute Gasteiger partial charge is 0.276 e. The summed E-state index contributed by atoms with van der Waals surface area (Å²) < 4.78 is 13.7. The van der Waals surface area contributed by atoms with E-state index in [2.05, 4.69) is 31.0 Å². The number of ether oxygens (including phenoxy) is 2. The van der Waals surface area contributed by atoms with Crippen LogP contribution in [0.25, 0.3) is 11.3 Å². The minimum Gasteiger partial charge on any atom is -0.454 e. The number of nitrogens with one attached hydrogen (secondary N) is 3. The Morgan fingerprint density at radius 2 is 1.70 bits per heavy atom. The van der Waals surface area contributed by atoms with Gasteiger partial charge in [-0.05, 0) is 31.2 Å². The van der Waals surface area contributed by atoms with Crippen LogP contribution in [-0.4, -0.2) is 48.4 Å². The van der Waals surface area contributed by atoms with Crippen molar-refractivity contribution in [3.05, 3.63) is 53.7 Å². The number of hydrogen-bond acceptors (Lipinski definition) is 7. The Morgan fingerprint density at radius 3 is 2.48 bits per heavy atom. The number of hydrogen-bond donors (Lipinski definition) is 3. The summed E-state index contributed by atoms with van der Waals surface area (Å²) in [6.45, 7) is 2.01. The Hall–Kier alpha value is -4.61. The fourth-order valence-corrected chi connectivity index (χ4v) is 3.43. The summed E-state index contributed by atoms with van der Waals surface area (Å²) in [6.07, 6.45) is 2.97. The van der Waals surface area contributed by atoms with Crippen molar-refractivity contribution in [2.24, 2.45) is 14.1 Å². The first-order chi connectivity index (χ1) is 15.9. The van der Waals surface area contributed by atoms with Crippen molar-refractivity contribution in [1.29, 1.82) is 0 Å². The van der Waals surface area contributed by atoms with E-state index in [1.54, 1.807) is 43.2 Å². The monoisotopic (exact) mass is 448 g/mol. The molecule has 0 atom stereocenters. The van der Waals surface area contributed by atoms with E-state index in [9.17, 15) is 9.59 Å². The Morgan fingerprint density at radius 1 is 0.970 bits per heavy atom. The van der Waals surface area contributed by atoms with Gasteiger partial charge in [0.25, 0.3) is 11.8 Å². The van der Waals surface area contributed by atoms with E-state index >= 15 is 0 Å². The molecule has 0 spiro atoms. The average Bonchev–Trinajstić information content (AvgIpc) is 3.58. The molecular formula is C21H20N8O4. The quantitative estimate of drug-likeness (QED) is 0.424. The van der Waals surface area contributed by atoms with E-state index in [0.717, 1.165) is 11.3 Å². The second-order valence-electron chi connectivity index (χ2n) is 7.44. The molecule has 0 bridgehead atoms. The summed E-state index contributed by atoms with van der Waals surface area (Å²) in [7, 11) is 3.40. The topological polar surface area (TPSA) is 141 Å². The Bertz CT molecular complexity index is 1380. The molecule has 33 heavy (non-hydrogen) atoms. The molecule has 1 aromatic carbocycles. The summed E-state index contributed by atoms with van der Waals surface area (Å²) in [5.74, 6) is 0.397. The van der Waals surface area contributed by atoms with E-state index < -0.39 is 11.8 Å². The van der Waals surface area contributed by atoms with Crippen LogP contribution >= 0.6 is 0 Å². The molecular weight excluding hydrogens is 428 g/mol. The maximum absolute atomic E-state index is 12.9. The maximum Gasteiger partial charge on any atom is 0.276 e. The van der Waals surface area contributed by atoms with Gasteiger partial charge >= 0.3 is 0 Å². The summed E-state index contributed by atoms with van der Waals surface area (Å²) in [4.78, 5) is 25.7. The van der Waals surface area contributed by atoms with Gasteiger partial charge in [-0.1, -0.05) is 0 Å². The highest BCUT2D eigenvalue weighted by Gasteiger charge is 2.22. The Balaban J connectivity index is 1.34. The fraction of sp³-hybridized carbons (Fsp3) is 0.190. The zero-order valence-electron chi connectivity index (χ0n) is 18.0. The van der Waals surface area contributed by atoms with Gasteiger partial charge in [-0.2, -0.15) is 15.3 Å². The molecule has 0 fully saturated rings. The third kappa shape index (κ3) is 3.67. The number of nitrogens with zero attached hydrogens (tertiary/aromatic N) is 5. The highest BCUT2D eigenvalue weighted by Crippen LogP contribution is 2.35. The number of aryl methyl sites for hydroxylation is 2. The summed E-state index contributed by atoms with van der Waals surface area (Å²) in [5, 5.41) is 20.7. The zero-order chi connectivity index (χ0) is 23.1. The van der Waals surface area contributed by atoms with E-state index in [1.165, 1.54) is 10.9 Å². The number of anilines is 2. The van der Waals surface area contributed by atoms with Crippen LogP contribution in [0.15, 0.2) is 36.7 Å². The maximum atomic E-state index is 12.9. The highest BCUT2D eigenvalue weighted by atomic mass is 16.7. The van der Waals surface area contributed by atoms with Crippen LogP contribution in [0.1, 0.15) is 26.7 Å². The SMILES string of the molecule is Cc1c(NC(=O)c2c(NC(=O)c3cc(-c4ccc5c(c4)OCO5)n[nH]3)cnn2C)cnn1C. The highest BCUT2D eigenvalue weighted by molar-refractivity contribution is 6.11. The van der Waals surface area contributed by atoms with E-state index in [4.69, 9.17) is 9.47 Å². The molecule has 0 saturated heterocycles. The number of benzene rings is 1. The van der Waals surface area contributed by atoms with Gasteiger partial charge in [0.1, 0.15) is 11.4 Å². The van der Waals surface area contributed by atoms with Crippen molar-refractivity contribution < 1.29 is 19.1 Å². The molecule has 0 unspecified atom stereocenters. The lowest BCUT2D eigenvalue weighted by Gasteiger charge is -2.08. The van der Waals surface area contributed by atoms with Crippen LogP contribution in [0.4, 0.5) is 11.4 Å². The molecule has 5 rings (SSSR count). The van der Waals surface area contributed by atoms with Crippen molar-refractivity contribution in [2.45, 2.75) is 6.92 Å². The molecule has 1 aliphatic heterocycles. The molecule has 0 aliphatic carbocycles. The molecule has 12 heteroatoms.